The third-order valence-corrected chi connectivity index (χ3v) is 2.59. The van der Waals surface area contributed by atoms with Gasteiger partial charge in [-0.25, -0.2) is 4.98 Å². The van der Waals surface area contributed by atoms with Crippen LogP contribution >= 0.6 is 22.6 Å². The van der Waals surface area contributed by atoms with Crippen LogP contribution in [0.4, 0.5) is 0 Å². The first kappa shape index (κ1) is 9.77. The first-order valence-corrected chi connectivity index (χ1v) is 5.08. The van der Waals surface area contributed by atoms with E-state index < -0.39 is 0 Å². The molecule has 66 valence electrons. The Morgan fingerprint density at radius 3 is 2.83 bits per heavy atom. The minimum absolute atomic E-state index is 0.731. The van der Waals surface area contributed by atoms with Crippen molar-refractivity contribution in [3.05, 3.63) is 21.4 Å². The van der Waals surface area contributed by atoms with E-state index in [1.165, 1.54) is 3.57 Å². The van der Waals surface area contributed by atoms with E-state index in [9.17, 15) is 0 Å². The van der Waals surface area contributed by atoms with Crippen LogP contribution in [-0.2, 0) is 0 Å². The largest absolute Gasteiger partial charge is 0.478 e. The maximum atomic E-state index is 5.38. The van der Waals surface area contributed by atoms with Gasteiger partial charge in [0.15, 0.2) is 0 Å². The van der Waals surface area contributed by atoms with Gasteiger partial charge in [0.2, 0.25) is 5.88 Å². The van der Waals surface area contributed by atoms with Crippen LogP contribution in [0.2, 0.25) is 0 Å². The quantitative estimate of drug-likeness (QED) is 0.792. The van der Waals surface area contributed by atoms with Crippen LogP contribution in [-0.4, -0.2) is 11.6 Å². The Morgan fingerprint density at radius 2 is 2.25 bits per heavy atom. The molecule has 3 heteroatoms. The van der Waals surface area contributed by atoms with Gasteiger partial charge in [-0.1, -0.05) is 6.92 Å². The standard InChI is InChI=1S/C9H12INO/c1-3-6-12-9-5-4-8(10)7(2)11-9/h4-5H,3,6H2,1-2H3. The minimum Gasteiger partial charge on any atom is -0.478 e. The number of aryl methyl sites for hydroxylation is 1. The van der Waals surface area contributed by atoms with Crippen LogP contribution in [0.1, 0.15) is 19.0 Å². The summed E-state index contributed by atoms with van der Waals surface area (Å²) in [4.78, 5) is 4.28. The molecule has 0 atom stereocenters. The highest BCUT2D eigenvalue weighted by Crippen LogP contribution is 2.13. The van der Waals surface area contributed by atoms with Gasteiger partial charge in [0.05, 0.1) is 12.3 Å². The molecule has 0 radical (unpaired) electrons. The molecule has 0 aromatic carbocycles. The molecule has 0 unspecified atom stereocenters. The van der Waals surface area contributed by atoms with E-state index in [2.05, 4.69) is 34.5 Å². The third kappa shape index (κ3) is 2.62. The summed E-state index contributed by atoms with van der Waals surface area (Å²) in [7, 11) is 0. The number of rotatable bonds is 3. The molecule has 0 saturated heterocycles. The van der Waals surface area contributed by atoms with E-state index >= 15 is 0 Å². The average Bonchev–Trinajstić information content (AvgIpc) is 2.07. The Balaban J connectivity index is 2.69. The van der Waals surface area contributed by atoms with Crippen LogP contribution < -0.4 is 4.74 Å². The summed E-state index contributed by atoms with van der Waals surface area (Å²) < 4.78 is 6.55. The first-order valence-electron chi connectivity index (χ1n) is 4.00. The normalized spacial score (nSPS) is 9.92. The zero-order chi connectivity index (χ0) is 8.97. The van der Waals surface area contributed by atoms with Gasteiger partial charge < -0.3 is 4.74 Å². The van der Waals surface area contributed by atoms with Crippen molar-refractivity contribution in [1.82, 2.24) is 4.98 Å². The lowest BCUT2D eigenvalue weighted by atomic mass is 10.4. The van der Waals surface area contributed by atoms with Crippen LogP contribution in [0.25, 0.3) is 0 Å². The number of pyridine rings is 1. The lowest BCUT2D eigenvalue weighted by molar-refractivity contribution is 0.304. The van der Waals surface area contributed by atoms with Crippen LogP contribution in [0.5, 0.6) is 5.88 Å². The molecule has 0 aliphatic rings. The summed E-state index contributed by atoms with van der Waals surface area (Å²) >= 11 is 2.26. The minimum atomic E-state index is 0.731. The van der Waals surface area contributed by atoms with Crippen molar-refractivity contribution >= 4 is 22.6 Å². The molecule has 1 aromatic rings. The fourth-order valence-corrected chi connectivity index (χ4v) is 1.11. The van der Waals surface area contributed by atoms with Crippen molar-refractivity contribution in [2.24, 2.45) is 0 Å². The Morgan fingerprint density at radius 1 is 1.50 bits per heavy atom. The highest BCUT2D eigenvalue weighted by Gasteiger charge is 1.98. The molecular formula is C9H12INO. The van der Waals surface area contributed by atoms with Crippen LogP contribution in [0.3, 0.4) is 0 Å². The molecule has 2 nitrogen and oxygen atoms in total. The number of nitrogens with zero attached hydrogens (tertiary/aromatic N) is 1. The molecule has 0 amide bonds. The summed E-state index contributed by atoms with van der Waals surface area (Å²) in [6.07, 6.45) is 1.02. The van der Waals surface area contributed by atoms with Crippen molar-refractivity contribution in [3.8, 4) is 5.88 Å². The fraction of sp³-hybridized carbons (Fsp3) is 0.444. The second-order valence-corrected chi connectivity index (χ2v) is 3.73. The highest BCUT2D eigenvalue weighted by atomic mass is 127. The topological polar surface area (TPSA) is 22.1 Å². The van der Waals surface area contributed by atoms with Gasteiger partial charge in [0, 0.05) is 9.64 Å². The van der Waals surface area contributed by atoms with Crippen LogP contribution in [0.15, 0.2) is 12.1 Å². The SMILES string of the molecule is CCCOc1ccc(I)c(C)n1. The molecular weight excluding hydrogens is 265 g/mol. The van der Waals surface area contributed by atoms with E-state index in [0.717, 1.165) is 24.6 Å². The number of hydrogen-bond donors (Lipinski definition) is 0. The molecule has 0 aliphatic carbocycles. The summed E-state index contributed by atoms with van der Waals surface area (Å²) in [6, 6.07) is 3.93. The summed E-state index contributed by atoms with van der Waals surface area (Å²) in [6.45, 7) is 4.81. The van der Waals surface area contributed by atoms with Crippen molar-refractivity contribution in [2.45, 2.75) is 20.3 Å². The lowest BCUT2D eigenvalue weighted by Crippen LogP contribution is -1.98. The molecule has 1 heterocycles. The van der Waals surface area contributed by atoms with Crippen LogP contribution in [0, 0.1) is 10.5 Å². The van der Waals surface area contributed by atoms with Gasteiger partial charge in [-0.15, -0.1) is 0 Å². The van der Waals surface area contributed by atoms with Crippen molar-refractivity contribution in [3.63, 3.8) is 0 Å². The summed E-state index contributed by atoms with van der Waals surface area (Å²) in [5.74, 6) is 0.731. The van der Waals surface area contributed by atoms with Gasteiger partial charge in [0.1, 0.15) is 0 Å². The Kier molecular flexibility index (Phi) is 3.78. The second-order valence-electron chi connectivity index (χ2n) is 2.57. The van der Waals surface area contributed by atoms with E-state index in [4.69, 9.17) is 4.74 Å². The van der Waals surface area contributed by atoms with E-state index in [0.29, 0.717) is 0 Å². The molecule has 0 spiro atoms. The smallest absolute Gasteiger partial charge is 0.213 e. The van der Waals surface area contributed by atoms with Gasteiger partial charge in [-0.2, -0.15) is 0 Å². The number of aromatic nitrogens is 1. The summed E-state index contributed by atoms with van der Waals surface area (Å²) in [5.41, 5.74) is 1.03. The molecule has 0 saturated carbocycles. The Hall–Kier alpha value is -0.320. The van der Waals surface area contributed by atoms with Gasteiger partial charge in [-0.05, 0) is 42.0 Å². The number of halogens is 1. The van der Waals surface area contributed by atoms with E-state index in [1.807, 2.05) is 19.1 Å². The van der Waals surface area contributed by atoms with Gasteiger partial charge in [-0.3, -0.25) is 0 Å². The van der Waals surface area contributed by atoms with Crippen molar-refractivity contribution in [2.75, 3.05) is 6.61 Å². The Bertz CT molecular complexity index is 263. The first-order chi connectivity index (χ1) is 5.74. The Labute approximate surface area is 86.5 Å². The summed E-state index contributed by atoms with van der Waals surface area (Å²) in [5, 5.41) is 0. The molecule has 0 N–H and O–H groups in total. The molecule has 0 fully saturated rings. The second kappa shape index (κ2) is 4.64. The van der Waals surface area contributed by atoms with E-state index in [1.54, 1.807) is 0 Å². The predicted molar refractivity (Wildman–Crippen MR) is 57.5 cm³/mol. The van der Waals surface area contributed by atoms with Gasteiger partial charge in [0.25, 0.3) is 0 Å². The van der Waals surface area contributed by atoms with Gasteiger partial charge >= 0.3 is 0 Å². The zero-order valence-electron chi connectivity index (χ0n) is 7.30. The maximum absolute atomic E-state index is 5.38. The third-order valence-electron chi connectivity index (χ3n) is 1.45. The lowest BCUT2D eigenvalue weighted by Gasteiger charge is -2.04. The molecule has 1 rings (SSSR count). The zero-order valence-corrected chi connectivity index (χ0v) is 9.46. The number of ether oxygens (including phenoxy) is 1. The molecule has 0 bridgehead atoms. The fourth-order valence-electron chi connectivity index (χ4n) is 0.808. The van der Waals surface area contributed by atoms with Crippen molar-refractivity contribution in [1.29, 1.82) is 0 Å². The molecule has 12 heavy (non-hydrogen) atoms. The highest BCUT2D eigenvalue weighted by molar-refractivity contribution is 14.1. The predicted octanol–water partition coefficient (Wildman–Crippen LogP) is 2.78. The molecule has 1 aromatic heterocycles. The number of hydrogen-bond acceptors (Lipinski definition) is 2. The maximum Gasteiger partial charge on any atom is 0.213 e. The molecule has 0 aliphatic heterocycles. The average molecular weight is 277 g/mol. The monoisotopic (exact) mass is 277 g/mol. The van der Waals surface area contributed by atoms with Crippen molar-refractivity contribution < 1.29 is 4.74 Å². The van der Waals surface area contributed by atoms with E-state index in [-0.39, 0.29) is 0 Å².